The maximum atomic E-state index is 11.5. The van der Waals surface area contributed by atoms with E-state index in [9.17, 15) is 4.79 Å². The van der Waals surface area contributed by atoms with Gasteiger partial charge in [0.05, 0.1) is 0 Å². The van der Waals surface area contributed by atoms with Crippen LogP contribution >= 0.6 is 11.3 Å². The van der Waals surface area contributed by atoms with Gasteiger partial charge in [-0.05, 0) is 24.1 Å². The number of nitrogens with one attached hydrogen (secondary N) is 2. The van der Waals surface area contributed by atoms with Gasteiger partial charge >= 0.3 is 0 Å². The summed E-state index contributed by atoms with van der Waals surface area (Å²) in [5.74, 6) is 0.125. The summed E-state index contributed by atoms with van der Waals surface area (Å²) >= 11 is 1.80. The summed E-state index contributed by atoms with van der Waals surface area (Å²) in [5.41, 5.74) is 1.26. The second-order valence-electron chi connectivity index (χ2n) is 4.91. The Morgan fingerprint density at radius 3 is 2.67 bits per heavy atom. The third-order valence-corrected chi connectivity index (χ3v) is 4.25. The van der Waals surface area contributed by atoms with Crippen molar-refractivity contribution in [3.63, 3.8) is 0 Å². The van der Waals surface area contributed by atoms with Crippen LogP contribution in [0.4, 0.5) is 0 Å². The fraction of sp³-hybridized carbons (Fsp3) is 0.353. The van der Waals surface area contributed by atoms with E-state index in [4.69, 9.17) is 0 Å². The van der Waals surface area contributed by atoms with Gasteiger partial charge in [-0.15, -0.1) is 11.3 Å². The monoisotopic (exact) mass is 302 g/mol. The molecule has 0 radical (unpaired) electrons. The third-order valence-electron chi connectivity index (χ3n) is 3.12. The molecule has 0 bridgehead atoms. The molecular formula is C17H22N2OS. The fourth-order valence-corrected chi connectivity index (χ4v) is 2.98. The molecule has 1 heterocycles. The highest BCUT2D eigenvalue weighted by Crippen LogP contribution is 2.27. The second kappa shape index (κ2) is 8.60. The number of benzene rings is 1. The summed E-state index contributed by atoms with van der Waals surface area (Å²) in [6, 6.07) is 14.7. The predicted molar refractivity (Wildman–Crippen MR) is 89.4 cm³/mol. The average molecular weight is 302 g/mol. The Balaban J connectivity index is 1.72. The van der Waals surface area contributed by atoms with Crippen molar-refractivity contribution in [2.24, 2.45) is 0 Å². The summed E-state index contributed by atoms with van der Waals surface area (Å²) < 4.78 is 0. The van der Waals surface area contributed by atoms with E-state index in [0.29, 0.717) is 13.0 Å². The second-order valence-corrected chi connectivity index (χ2v) is 6.08. The Kier molecular flexibility index (Phi) is 6.44. The standard InChI is InChI=1S/C17H22N2OS/c1-2-11-19-17(20)10-12-18-13-15-8-9-16(21-15)14-6-4-3-5-7-14/h3-9,18H,2,10-13H2,1H3,(H,19,20). The molecule has 0 atom stereocenters. The summed E-state index contributed by atoms with van der Waals surface area (Å²) in [6.45, 7) is 4.36. The van der Waals surface area contributed by atoms with Crippen LogP contribution in [0.1, 0.15) is 24.6 Å². The Bertz CT molecular complexity index is 551. The molecule has 0 saturated heterocycles. The molecule has 0 aliphatic rings. The first kappa shape index (κ1) is 15.7. The minimum absolute atomic E-state index is 0.125. The lowest BCUT2D eigenvalue weighted by Gasteiger charge is -2.04. The number of hydrogen-bond acceptors (Lipinski definition) is 3. The molecule has 0 unspecified atom stereocenters. The van der Waals surface area contributed by atoms with Crippen LogP contribution < -0.4 is 10.6 Å². The molecule has 21 heavy (non-hydrogen) atoms. The third kappa shape index (κ3) is 5.33. The molecule has 0 spiro atoms. The van der Waals surface area contributed by atoms with Gasteiger partial charge in [0.2, 0.25) is 5.91 Å². The number of rotatable bonds is 8. The predicted octanol–water partition coefficient (Wildman–Crippen LogP) is 3.42. The normalized spacial score (nSPS) is 10.5. The Hall–Kier alpha value is -1.65. The molecule has 1 amide bonds. The van der Waals surface area contributed by atoms with Crippen molar-refractivity contribution in [2.45, 2.75) is 26.3 Å². The van der Waals surface area contributed by atoms with Crippen molar-refractivity contribution in [3.05, 3.63) is 47.3 Å². The van der Waals surface area contributed by atoms with E-state index in [2.05, 4.69) is 54.0 Å². The Morgan fingerprint density at radius 1 is 1.10 bits per heavy atom. The van der Waals surface area contributed by atoms with Gasteiger partial charge in [-0.25, -0.2) is 0 Å². The number of amides is 1. The maximum absolute atomic E-state index is 11.5. The van der Waals surface area contributed by atoms with Gasteiger partial charge in [0.25, 0.3) is 0 Å². The van der Waals surface area contributed by atoms with Crippen LogP contribution in [-0.4, -0.2) is 19.0 Å². The lowest BCUT2D eigenvalue weighted by Crippen LogP contribution is -2.27. The zero-order valence-electron chi connectivity index (χ0n) is 12.4. The van der Waals surface area contributed by atoms with E-state index >= 15 is 0 Å². The molecule has 0 saturated carbocycles. The fourth-order valence-electron chi connectivity index (χ4n) is 2.00. The highest BCUT2D eigenvalue weighted by atomic mass is 32.1. The largest absolute Gasteiger partial charge is 0.356 e. The van der Waals surface area contributed by atoms with Crippen LogP contribution in [0.5, 0.6) is 0 Å². The summed E-state index contributed by atoms with van der Waals surface area (Å²) in [6.07, 6.45) is 1.52. The quantitative estimate of drug-likeness (QED) is 0.734. The highest BCUT2D eigenvalue weighted by molar-refractivity contribution is 7.15. The molecule has 2 aromatic rings. The van der Waals surface area contributed by atoms with Gasteiger partial charge in [-0.3, -0.25) is 4.79 Å². The summed E-state index contributed by atoms with van der Waals surface area (Å²) in [7, 11) is 0. The van der Waals surface area contributed by atoms with Crippen LogP contribution in [0.25, 0.3) is 10.4 Å². The van der Waals surface area contributed by atoms with E-state index in [0.717, 1.165) is 19.5 Å². The topological polar surface area (TPSA) is 41.1 Å². The molecule has 1 aromatic heterocycles. The van der Waals surface area contributed by atoms with Crippen molar-refractivity contribution in [2.75, 3.05) is 13.1 Å². The average Bonchev–Trinajstić information content (AvgIpc) is 2.99. The Labute approximate surface area is 130 Å². The molecule has 0 fully saturated rings. The summed E-state index contributed by atoms with van der Waals surface area (Å²) in [4.78, 5) is 14.0. The first-order valence-corrected chi connectivity index (χ1v) is 8.23. The number of carbonyl (C=O) groups is 1. The molecule has 3 nitrogen and oxygen atoms in total. The summed E-state index contributed by atoms with van der Waals surface area (Å²) in [5, 5.41) is 6.20. The molecule has 2 N–H and O–H groups in total. The maximum Gasteiger partial charge on any atom is 0.221 e. The first-order valence-electron chi connectivity index (χ1n) is 7.41. The minimum Gasteiger partial charge on any atom is -0.356 e. The van der Waals surface area contributed by atoms with Gasteiger partial charge in [0, 0.05) is 35.8 Å². The molecule has 0 aliphatic heterocycles. The smallest absolute Gasteiger partial charge is 0.221 e. The highest BCUT2D eigenvalue weighted by Gasteiger charge is 2.03. The van der Waals surface area contributed by atoms with E-state index in [1.807, 2.05) is 6.07 Å². The van der Waals surface area contributed by atoms with Gasteiger partial charge in [0.1, 0.15) is 0 Å². The van der Waals surface area contributed by atoms with Crippen LogP contribution in [0.3, 0.4) is 0 Å². The van der Waals surface area contributed by atoms with Crippen molar-refractivity contribution >= 4 is 17.2 Å². The molecule has 0 aliphatic carbocycles. The van der Waals surface area contributed by atoms with Crippen LogP contribution in [0.15, 0.2) is 42.5 Å². The molecular weight excluding hydrogens is 280 g/mol. The van der Waals surface area contributed by atoms with E-state index in [-0.39, 0.29) is 5.91 Å². The van der Waals surface area contributed by atoms with Crippen LogP contribution in [-0.2, 0) is 11.3 Å². The van der Waals surface area contributed by atoms with Gasteiger partial charge in [-0.1, -0.05) is 37.3 Å². The van der Waals surface area contributed by atoms with E-state index in [1.54, 1.807) is 11.3 Å². The van der Waals surface area contributed by atoms with Crippen molar-refractivity contribution < 1.29 is 4.79 Å². The van der Waals surface area contributed by atoms with Gasteiger partial charge < -0.3 is 10.6 Å². The number of carbonyl (C=O) groups excluding carboxylic acids is 1. The molecule has 4 heteroatoms. The minimum atomic E-state index is 0.125. The molecule has 1 aromatic carbocycles. The Morgan fingerprint density at radius 2 is 1.90 bits per heavy atom. The first-order chi connectivity index (χ1) is 10.3. The van der Waals surface area contributed by atoms with Gasteiger partial charge in [0.15, 0.2) is 0 Å². The van der Waals surface area contributed by atoms with Crippen molar-refractivity contribution in [3.8, 4) is 10.4 Å². The molecule has 112 valence electrons. The van der Waals surface area contributed by atoms with E-state index in [1.165, 1.54) is 15.3 Å². The lowest BCUT2D eigenvalue weighted by atomic mass is 10.2. The lowest BCUT2D eigenvalue weighted by molar-refractivity contribution is -0.120. The number of thiophene rings is 1. The molecule has 2 rings (SSSR count). The zero-order chi connectivity index (χ0) is 14.9. The van der Waals surface area contributed by atoms with Crippen LogP contribution in [0.2, 0.25) is 0 Å². The van der Waals surface area contributed by atoms with E-state index < -0.39 is 0 Å². The van der Waals surface area contributed by atoms with Crippen molar-refractivity contribution in [1.82, 2.24) is 10.6 Å². The van der Waals surface area contributed by atoms with Crippen LogP contribution in [0, 0.1) is 0 Å². The SMILES string of the molecule is CCCNC(=O)CCNCc1ccc(-c2ccccc2)s1. The van der Waals surface area contributed by atoms with Crippen molar-refractivity contribution in [1.29, 1.82) is 0 Å². The van der Waals surface area contributed by atoms with Gasteiger partial charge in [-0.2, -0.15) is 0 Å². The zero-order valence-corrected chi connectivity index (χ0v) is 13.2. The number of hydrogen-bond donors (Lipinski definition) is 2.